The Bertz CT molecular complexity index is 966. The summed E-state index contributed by atoms with van der Waals surface area (Å²) in [6.45, 7) is 5.41. The van der Waals surface area contributed by atoms with Crippen LogP contribution in [0.4, 0.5) is 0 Å². The largest absolute Gasteiger partial charge is 0.497 e. The van der Waals surface area contributed by atoms with Crippen molar-refractivity contribution in [2.75, 3.05) is 13.7 Å². The Balaban J connectivity index is 1.52. The van der Waals surface area contributed by atoms with Crippen LogP contribution in [0.25, 0.3) is 11.3 Å². The first kappa shape index (κ1) is 20.7. The molecule has 154 valence electrons. The van der Waals surface area contributed by atoms with Crippen LogP contribution in [0, 0.1) is 13.8 Å². The van der Waals surface area contributed by atoms with Crippen LogP contribution in [-0.4, -0.2) is 24.7 Å². The van der Waals surface area contributed by atoms with Crippen molar-refractivity contribution >= 4 is 5.91 Å². The lowest BCUT2D eigenvalue weighted by Crippen LogP contribution is -2.38. The first-order valence-corrected chi connectivity index (χ1v) is 9.58. The van der Waals surface area contributed by atoms with Gasteiger partial charge in [-0.05, 0) is 63.2 Å². The molecule has 0 saturated heterocycles. The van der Waals surface area contributed by atoms with Crippen molar-refractivity contribution in [3.05, 3.63) is 65.3 Å². The number of hydrogen-bond donors (Lipinski definition) is 2. The fourth-order valence-corrected chi connectivity index (χ4v) is 3.28. The SMILES string of the molecule is COc1ccc(-c2ccc(CCC(=O)NC[C@@](C)(O)c3cc(C)oc3C)o2)cc1. The number of aryl methyl sites for hydroxylation is 3. The average Bonchev–Trinajstić information content (AvgIpc) is 3.31. The Kier molecular flexibility index (Phi) is 6.13. The zero-order chi connectivity index (χ0) is 21.0. The molecule has 0 radical (unpaired) electrons. The zero-order valence-electron chi connectivity index (χ0n) is 17.2. The van der Waals surface area contributed by atoms with Gasteiger partial charge in [0.1, 0.15) is 34.4 Å². The van der Waals surface area contributed by atoms with Crippen molar-refractivity contribution in [3.8, 4) is 17.1 Å². The summed E-state index contributed by atoms with van der Waals surface area (Å²) in [7, 11) is 1.63. The summed E-state index contributed by atoms with van der Waals surface area (Å²) in [6.07, 6.45) is 0.753. The van der Waals surface area contributed by atoms with Gasteiger partial charge in [0.15, 0.2) is 0 Å². The Morgan fingerprint density at radius 1 is 1.14 bits per heavy atom. The number of carbonyl (C=O) groups is 1. The number of nitrogens with one attached hydrogen (secondary N) is 1. The zero-order valence-corrected chi connectivity index (χ0v) is 17.2. The van der Waals surface area contributed by atoms with Gasteiger partial charge in [0.2, 0.25) is 5.91 Å². The first-order chi connectivity index (χ1) is 13.8. The Labute approximate surface area is 170 Å². The number of hydrogen-bond acceptors (Lipinski definition) is 5. The predicted molar refractivity (Wildman–Crippen MR) is 110 cm³/mol. The molecule has 2 N–H and O–H groups in total. The molecule has 3 rings (SSSR count). The van der Waals surface area contributed by atoms with Gasteiger partial charge in [0, 0.05) is 24.0 Å². The number of aliphatic hydroxyl groups is 1. The molecule has 0 bridgehead atoms. The van der Waals surface area contributed by atoms with Gasteiger partial charge in [-0.3, -0.25) is 4.79 Å². The third kappa shape index (κ3) is 5.09. The Morgan fingerprint density at radius 3 is 2.48 bits per heavy atom. The highest BCUT2D eigenvalue weighted by Crippen LogP contribution is 2.27. The van der Waals surface area contributed by atoms with Crippen molar-refractivity contribution in [3.63, 3.8) is 0 Å². The predicted octanol–water partition coefficient (Wildman–Crippen LogP) is 4.12. The van der Waals surface area contributed by atoms with E-state index in [4.69, 9.17) is 13.6 Å². The van der Waals surface area contributed by atoms with E-state index in [0.717, 1.165) is 28.6 Å². The van der Waals surface area contributed by atoms with Crippen molar-refractivity contribution in [1.29, 1.82) is 0 Å². The smallest absolute Gasteiger partial charge is 0.220 e. The third-order valence-corrected chi connectivity index (χ3v) is 4.89. The minimum Gasteiger partial charge on any atom is -0.497 e. The van der Waals surface area contributed by atoms with Gasteiger partial charge in [0.05, 0.1) is 13.7 Å². The van der Waals surface area contributed by atoms with E-state index in [1.807, 2.05) is 43.3 Å². The number of amides is 1. The van der Waals surface area contributed by atoms with E-state index in [1.165, 1.54) is 0 Å². The summed E-state index contributed by atoms with van der Waals surface area (Å²) in [4.78, 5) is 12.2. The highest BCUT2D eigenvalue weighted by molar-refractivity contribution is 5.76. The van der Waals surface area contributed by atoms with E-state index in [1.54, 1.807) is 27.0 Å². The van der Waals surface area contributed by atoms with Crippen LogP contribution in [0.5, 0.6) is 5.75 Å². The van der Waals surface area contributed by atoms with Gasteiger partial charge in [0.25, 0.3) is 0 Å². The van der Waals surface area contributed by atoms with Gasteiger partial charge in [-0.1, -0.05) is 0 Å². The summed E-state index contributed by atoms with van der Waals surface area (Å²) < 4.78 is 16.5. The molecule has 0 aliphatic heterocycles. The van der Waals surface area contributed by atoms with E-state index in [0.29, 0.717) is 17.7 Å². The summed E-state index contributed by atoms with van der Waals surface area (Å²) >= 11 is 0. The van der Waals surface area contributed by atoms with Gasteiger partial charge in [-0.15, -0.1) is 0 Å². The number of furan rings is 2. The summed E-state index contributed by atoms with van der Waals surface area (Å²) in [5.74, 6) is 3.51. The first-order valence-electron chi connectivity index (χ1n) is 9.58. The van der Waals surface area contributed by atoms with Crippen molar-refractivity contribution in [1.82, 2.24) is 5.32 Å². The topological polar surface area (TPSA) is 84.8 Å². The Hall–Kier alpha value is -2.99. The standard InChI is InChI=1S/C23H27NO5/c1-15-13-20(16(2)28-15)23(3,26)14-24-22(25)12-10-19-9-11-21(29-19)17-5-7-18(27-4)8-6-17/h5-9,11,13,26H,10,12,14H2,1-4H3,(H,24,25)/t23-/m1/s1. The van der Waals surface area contributed by atoms with Crippen LogP contribution in [0.15, 0.2) is 51.3 Å². The lowest BCUT2D eigenvalue weighted by molar-refractivity contribution is -0.122. The van der Waals surface area contributed by atoms with E-state index >= 15 is 0 Å². The van der Waals surface area contributed by atoms with Crippen molar-refractivity contribution in [2.45, 2.75) is 39.2 Å². The third-order valence-electron chi connectivity index (χ3n) is 4.89. The quantitative estimate of drug-likeness (QED) is 0.597. The molecular formula is C23H27NO5. The lowest BCUT2D eigenvalue weighted by atomic mass is 9.96. The van der Waals surface area contributed by atoms with Crippen molar-refractivity contribution in [2.24, 2.45) is 0 Å². The number of carbonyl (C=O) groups excluding carboxylic acids is 1. The van der Waals surface area contributed by atoms with Gasteiger partial charge in [-0.2, -0.15) is 0 Å². The van der Waals surface area contributed by atoms with Crippen LogP contribution in [0.2, 0.25) is 0 Å². The molecule has 0 unspecified atom stereocenters. The number of benzene rings is 1. The van der Waals surface area contributed by atoms with Gasteiger partial charge >= 0.3 is 0 Å². The van der Waals surface area contributed by atoms with Crippen LogP contribution in [-0.2, 0) is 16.8 Å². The van der Waals surface area contributed by atoms with Crippen molar-refractivity contribution < 1.29 is 23.5 Å². The fourth-order valence-electron chi connectivity index (χ4n) is 3.28. The Morgan fingerprint density at radius 2 is 1.86 bits per heavy atom. The monoisotopic (exact) mass is 397 g/mol. The highest BCUT2D eigenvalue weighted by Gasteiger charge is 2.28. The molecule has 2 aromatic heterocycles. The van der Waals surface area contributed by atoms with E-state index in [2.05, 4.69) is 5.32 Å². The fraction of sp³-hybridized carbons (Fsp3) is 0.348. The molecule has 0 saturated carbocycles. The minimum absolute atomic E-state index is 0.112. The summed E-state index contributed by atoms with van der Waals surface area (Å²) in [5, 5.41) is 13.5. The molecule has 2 heterocycles. The van der Waals surface area contributed by atoms with Crippen LogP contribution in [0.1, 0.15) is 36.2 Å². The summed E-state index contributed by atoms with van der Waals surface area (Å²) in [6, 6.07) is 13.2. The van der Waals surface area contributed by atoms with Crippen LogP contribution < -0.4 is 10.1 Å². The molecule has 1 atom stereocenters. The second-order valence-corrected chi connectivity index (χ2v) is 7.37. The normalized spacial score (nSPS) is 13.1. The highest BCUT2D eigenvalue weighted by atomic mass is 16.5. The molecule has 0 aliphatic carbocycles. The lowest BCUT2D eigenvalue weighted by Gasteiger charge is -2.23. The second-order valence-electron chi connectivity index (χ2n) is 7.37. The molecule has 3 aromatic rings. The molecule has 1 amide bonds. The van der Waals surface area contributed by atoms with Gasteiger partial charge < -0.3 is 24.0 Å². The van der Waals surface area contributed by atoms with Crippen LogP contribution in [0.3, 0.4) is 0 Å². The summed E-state index contributed by atoms with van der Waals surface area (Å²) in [5.41, 5.74) is 0.442. The molecule has 1 aromatic carbocycles. The molecule has 6 nitrogen and oxygen atoms in total. The maximum absolute atomic E-state index is 12.2. The maximum atomic E-state index is 12.2. The average molecular weight is 397 g/mol. The molecule has 6 heteroatoms. The molecule has 29 heavy (non-hydrogen) atoms. The molecule has 0 spiro atoms. The number of ether oxygens (including phenoxy) is 1. The molecule has 0 aliphatic rings. The maximum Gasteiger partial charge on any atom is 0.220 e. The molecule has 0 fully saturated rings. The number of methoxy groups -OCH3 is 1. The molecular weight excluding hydrogens is 370 g/mol. The number of rotatable bonds is 8. The minimum atomic E-state index is -1.19. The van der Waals surface area contributed by atoms with E-state index in [9.17, 15) is 9.90 Å². The van der Waals surface area contributed by atoms with E-state index < -0.39 is 5.60 Å². The second kappa shape index (κ2) is 8.57. The van der Waals surface area contributed by atoms with Crippen LogP contribution >= 0.6 is 0 Å². The van der Waals surface area contributed by atoms with E-state index in [-0.39, 0.29) is 18.9 Å². The van der Waals surface area contributed by atoms with Gasteiger partial charge in [-0.25, -0.2) is 0 Å².